The van der Waals surface area contributed by atoms with Crippen LogP contribution in [0.5, 0.6) is 11.5 Å². The summed E-state index contributed by atoms with van der Waals surface area (Å²) in [4.78, 5) is 22.6. The average Bonchev–Trinajstić information content (AvgIpc) is 3.06. The zero-order valence-corrected chi connectivity index (χ0v) is 22.2. The molecule has 0 fully saturated rings. The molecule has 0 aliphatic carbocycles. The molecule has 3 rings (SSSR count). The van der Waals surface area contributed by atoms with E-state index in [0.717, 1.165) is 5.56 Å². The van der Waals surface area contributed by atoms with Crippen LogP contribution < -0.4 is 14.8 Å². The molecule has 2 radical (unpaired) electrons. The summed E-state index contributed by atoms with van der Waals surface area (Å²) >= 11 is 5.94. The Morgan fingerprint density at radius 2 is 1.71 bits per heavy atom. The van der Waals surface area contributed by atoms with Gasteiger partial charge in [-0.2, -0.15) is 0 Å². The number of aliphatic hydroxyl groups is 1. The SMILES string of the molecule is C[C@H](Cc1ccc2c(c1)OC(C(=O)O)(C(=O)O)O2)NC[C@H](O)c1cccc(Cl)c1.[Na].[Na]. The maximum atomic E-state index is 11.3. The van der Waals surface area contributed by atoms with E-state index in [9.17, 15) is 24.9 Å². The summed E-state index contributed by atoms with van der Waals surface area (Å²) in [7, 11) is 0. The first-order chi connectivity index (χ1) is 13.7. The van der Waals surface area contributed by atoms with E-state index in [-0.39, 0.29) is 76.7 Å². The van der Waals surface area contributed by atoms with Gasteiger partial charge in [0.05, 0.1) is 6.10 Å². The second-order valence-corrected chi connectivity index (χ2v) is 7.23. The number of aliphatic carboxylic acids is 2. The Bertz CT molecular complexity index is 929. The van der Waals surface area contributed by atoms with E-state index >= 15 is 0 Å². The predicted octanol–water partition coefficient (Wildman–Crippen LogP) is 1.47. The molecule has 1 aliphatic heterocycles. The minimum Gasteiger partial charge on any atom is -0.475 e. The van der Waals surface area contributed by atoms with Gasteiger partial charge in [-0.1, -0.05) is 29.8 Å². The molecule has 0 aromatic heterocycles. The fraction of sp³-hybridized carbons (Fsp3) is 0.300. The van der Waals surface area contributed by atoms with Gasteiger partial charge in [-0.3, -0.25) is 0 Å². The van der Waals surface area contributed by atoms with Crippen LogP contribution in [0.4, 0.5) is 0 Å². The van der Waals surface area contributed by atoms with Gasteiger partial charge in [-0.25, -0.2) is 9.59 Å². The number of halogens is 1. The van der Waals surface area contributed by atoms with Crippen molar-refractivity contribution >= 4 is 82.7 Å². The molecule has 8 nitrogen and oxygen atoms in total. The van der Waals surface area contributed by atoms with Crippen LogP contribution in [0.15, 0.2) is 42.5 Å². The van der Waals surface area contributed by atoms with Crippen LogP contribution in [0.3, 0.4) is 0 Å². The number of rotatable bonds is 8. The van der Waals surface area contributed by atoms with Crippen LogP contribution >= 0.6 is 11.6 Å². The van der Waals surface area contributed by atoms with Crippen molar-refractivity contribution in [2.45, 2.75) is 31.3 Å². The van der Waals surface area contributed by atoms with Gasteiger partial charge < -0.3 is 30.1 Å². The van der Waals surface area contributed by atoms with Crippen molar-refractivity contribution in [3.05, 3.63) is 58.6 Å². The fourth-order valence-corrected chi connectivity index (χ4v) is 3.21. The molecule has 0 bridgehead atoms. The Kier molecular flexibility index (Phi) is 10.8. The molecule has 2 aromatic carbocycles. The number of aliphatic hydroxyl groups excluding tert-OH is 1. The van der Waals surface area contributed by atoms with E-state index in [4.69, 9.17) is 21.1 Å². The summed E-state index contributed by atoms with van der Waals surface area (Å²) in [5.41, 5.74) is 1.50. The molecule has 0 unspecified atom stereocenters. The number of benzene rings is 2. The van der Waals surface area contributed by atoms with E-state index in [2.05, 4.69) is 5.32 Å². The topological polar surface area (TPSA) is 125 Å². The van der Waals surface area contributed by atoms with Crippen molar-refractivity contribution in [1.82, 2.24) is 5.32 Å². The smallest absolute Gasteiger partial charge is 0.453 e. The molecular weight excluding hydrogens is 448 g/mol. The van der Waals surface area contributed by atoms with Crippen molar-refractivity contribution in [3.8, 4) is 11.5 Å². The number of hydrogen-bond acceptors (Lipinski definition) is 6. The predicted molar refractivity (Wildman–Crippen MR) is 115 cm³/mol. The van der Waals surface area contributed by atoms with Crippen molar-refractivity contribution in [1.29, 1.82) is 0 Å². The van der Waals surface area contributed by atoms with Crippen LogP contribution in [0.25, 0.3) is 0 Å². The Hall–Kier alpha value is -0.810. The zero-order chi connectivity index (χ0) is 21.2. The fourth-order valence-electron chi connectivity index (χ4n) is 3.01. The summed E-state index contributed by atoms with van der Waals surface area (Å²) < 4.78 is 10.1. The first-order valence-electron chi connectivity index (χ1n) is 8.86. The molecule has 0 spiro atoms. The maximum absolute atomic E-state index is 11.3. The summed E-state index contributed by atoms with van der Waals surface area (Å²) in [6.07, 6.45) is -0.189. The number of fused-ring (bicyclic) bond motifs is 1. The van der Waals surface area contributed by atoms with E-state index in [1.54, 1.807) is 36.4 Å². The minimum absolute atomic E-state index is 0. The minimum atomic E-state index is -2.77. The normalized spacial score (nSPS) is 15.2. The maximum Gasteiger partial charge on any atom is 0.453 e. The molecule has 1 aliphatic rings. The van der Waals surface area contributed by atoms with Gasteiger partial charge in [0.2, 0.25) is 0 Å². The Morgan fingerprint density at radius 1 is 1.06 bits per heavy atom. The number of nitrogens with one attached hydrogen (secondary N) is 1. The van der Waals surface area contributed by atoms with Crippen molar-refractivity contribution in [2.75, 3.05) is 6.54 Å². The number of carboxylic acid groups (broad SMARTS) is 2. The van der Waals surface area contributed by atoms with Crippen LogP contribution in [0, 0.1) is 0 Å². The molecule has 0 amide bonds. The van der Waals surface area contributed by atoms with Gasteiger partial charge in [0, 0.05) is 76.7 Å². The van der Waals surface area contributed by atoms with E-state index in [1.807, 2.05) is 6.92 Å². The summed E-state index contributed by atoms with van der Waals surface area (Å²) in [6, 6.07) is 11.7. The average molecular weight is 468 g/mol. The third kappa shape index (κ3) is 6.60. The second kappa shape index (κ2) is 11.9. The Balaban J connectivity index is 0.00000240. The number of carboxylic acids is 2. The number of ether oxygens (including phenoxy) is 2. The van der Waals surface area contributed by atoms with Gasteiger partial charge in [0.15, 0.2) is 11.5 Å². The summed E-state index contributed by atoms with van der Waals surface area (Å²) in [5.74, 6) is -6.15. The molecule has 1 heterocycles. The van der Waals surface area contributed by atoms with Crippen molar-refractivity contribution in [3.63, 3.8) is 0 Å². The first-order valence-corrected chi connectivity index (χ1v) is 9.23. The molecule has 11 heteroatoms. The largest absolute Gasteiger partial charge is 0.475 e. The first kappa shape index (κ1) is 28.2. The number of carbonyl (C=O) groups is 2. The molecule has 31 heavy (non-hydrogen) atoms. The van der Waals surface area contributed by atoms with Gasteiger partial charge in [-0.05, 0) is 48.7 Å². The molecule has 156 valence electrons. The number of hydrogen-bond donors (Lipinski definition) is 4. The van der Waals surface area contributed by atoms with Crippen LogP contribution in [0.2, 0.25) is 5.02 Å². The summed E-state index contributed by atoms with van der Waals surface area (Å²) in [6.45, 7) is 2.24. The van der Waals surface area contributed by atoms with Gasteiger partial charge in [0.25, 0.3) is 0 Å². The monoisotopic (exact) mass is 467 g/mol. The summed E-state index contributed by atoms with van der Waals surface area (Å²) in [5, 5.41) is 32.4. The van der Waals surface area contributed by atoms with Gasteiger partial charge in [-0.15, -0.1) is 0 Å². The standard InChI is InChI=1S/C20H20ClNO7.2Na/c1-11(22-10-15(23)13-3-2-4-14(21)9-13)7-12-5-6-16-17(8-12)29-20(28-16,18(24)25)19(26)27;;/h2-6,8-9,11,15,22-23H,7,10H2,1H3,(H,24,25)(H,26,27);;/t11-,15+;;/m1../s1. The molecule has 0 saturated heterocycles. The van der Waals surface area contributed by atoms with Crippen LogP contribution in [0.1, 0.15) is 24.2 Å². The third-order valence-electron chi connectivity index (χ3n) is 4.51. The van der Waals surface area contributed by atoms with Gasteiger partial charge >= 0.3 is 17.7 Å². The molecule has 2 aromatic rings. The van der Waals surface area contributed by atoms with Crippen LogP contribution in [-0.2, 0) is 16.0 Å². The van der Waals surface area contributed by atoms with Crippen molar-refractivity contribution in [2.24, 2.45) is 0 Å². The Morgan fingerprint density at radius 3 is 2.32 bits per heavy atom. The molecule has 4 N–H and O–H groups in total. The van der Waals surface area contributed by atoms with Crippen LogP contribution in [-0.4, -0.2) is 105 Å². The zero-order valence-electron chi connectivity index (χ0n) is 17.5. The van der Waals surface area contributed by atoms with Crippen molar-refractivity contribution < 1.29 is 34.4 Å². The quantitative estimate of drug-likeness (QED) is 0.340. The van der Waals surface area contributed by atoms with E-state index in [1.165, 1.54) is 6.07 Å². The third-order valence-corrected chi connectivity index (χ3v) is 4.75. The molecular formula is C20H20ClNNa2O7. The van der Waals surface area contributed by atoms with E-state index < -0.39 is 23.8 Å². The molecule has 0 saturated carbocycles. The van der Waals surface area contributed by atoms with E-state index in [0.29, 0.717) is 23.6 Å². The second-order valence-electron chi connectivity index (χ2n) is 6.80. The Labute approximate surface area is 228 Å². The molecule has 2 atom stereocenters. The van der Waals surface area contributed by atoms with Gasteiger partial charge in [0.1, 0.15) is 0 Å².